The molecule has 16 heavy (non-hydrogen) atoms. The van der Waals surface area contributed by atoms with Crippen molar-refractivity contribution in [3.63, 3.8) is 0 Å². The molecule has 0 aliphatic rings. The minimum absolute atomic E-state index is 0.0904. The van der Waals surface area contributed by atoms with E-state index in [4.69, 9.17) is 5.53 Å². The van der Waals surface area contributed by atoms with E-state index >= 15 is 0 Å². The SMILES string of the molecule is CCC(C)Nc1nc(N=[N+]=[N-])nc(SC)n1. The fourth-order valence-corrected chi connectivity index (χ4v) is 1.26. The predicted octanol–water partition coefficient (Wildman–Crippen LogP) is 2.75. The summed E-state index contributed by atoms with van der Waals surface area (Å²) in [4.78, 5) is 14.8. The molecule has 0 aromatic carbocycles. The largest absolute Gasteiger partial charge is 0.352 e. The van der Waals surface area contributed by atoms with E-state index < -0.39 is 0 Å². The van der Waals surface area contributed by atoms with Crippen LogP contribution in [0.1, 0.15) is 20.3 Å². The summed E-state index contributed by atoms with van der Waals surface area (Å²) in [7, 11) is 0. The van der Waals surface area contributed by atoms with Crippen LogP contribution in [0.25, 0.3) is 10.4 Å². The van der Waals surface area contributed by atoms with E-state index in [9.17, 15) is 0 Å². The van der Waals surface area contributed by atoms with Crippen LogP contribution in [0.15, 0.2) is 10.3 Å². The Morgan fingerprint density at radius 3 is 2.81 bits per heavy atom. The van der Waals surface area contributed by atoms with Crippen molar-refractivity contribution in [2.45, 2.75) is 31.5 Å². The van der Waals surface area contributed by atoms with E-state index in [1.807, 2.05) is 13.2 Å². The molecule has 0 saturated heterocycles. The van der Waals surface area contributed by atoms with Crippen LogP contribution in [-0.4, -0.2) is 27.2 Å². The Kier molecular flexibility index (Phi) is 4.81. The fraction of sp³-hybridized carbons (Fsp3) is 0.625. The lowest BCUT2D eigenvalue weighted by Gasteiger charge is -2.11. The van der Waals surface area contributed by atoms with Crippen LogP contribution in [0.5, 0.6) is 0 Å². The molecule has 1 N–H and O–H groups in total. The van der Waals surface area contributed by atoms with Crippen molar-refractivity contribution in [3.8, 4) is 0 Å². The minimum Gasteiger partial charge on any atom is -0.352 e. The number of aromatic nitrogens is 3. The number of hydrogen-bond acceptors (Lipinski definition) is 6. The zero-order valence-electron chi connectivity index (χ0n) is 9.38. The molecular formula is C8H13N7S. The highest BCUT2D eigenvalue weighted by Gasteiger charge is 2.06. The smallest absolute Gasteiger partial charge is 0.227 e. The molecule has 1 atom stereocenters. The fourth-order valence-electron chi connectivity index (χ4n) is 0.909. The summed E-state index contributed by atoms with van der Waals surface area (Å²) < 4.78 is 0. The highest BCUT2D eigenvalue weighted by molar-refractivity contribution is 7.98. The molecule has 1 rings (SSSR count). The Hall–Kier alpha value is -1.53. The topological polar surface area (TPSA) is 99.5 Å². The zero-order valence-corrected chi connectivity index (χ0v) is 10.2. The Balaban J connectivity index is 2.99. The third kappa shape index (κ3) is 3.56. The van der Waals surface area contributed by atoms with Crippen molar-refractivity contribution >= 4 is 23.7 Å². The number of thioether (sulfide) groups is 1. The molecule has 1 aromatic rings. The first-order valence-corrected chi connectivity index (χ1v) is 6.03. The highest BCUT2D eigenvalue weighted by Crippen LogP contribution is 2.16. The highest BCUT2D eigenvalue weighted by atomic mass is 32.2. The summed E-state index contributed by atoms with van der Waals surface area (Å²) in [6.07, 6.45) is 2.80. The van der Waals surface area contributed by atoms with Crippen LogP contribution >= 0.6 is 11.8 Å². The summed E-state index contributed by atoms with van der Waals surface area (Å²) >= 11 is 1.37. The van der Waals surface area contributed by atoms with Crippen molar-refractivity contribution in [1.82, 2.24) is 15.0 Å². The normalized spacial score (nSPS) is 11.7. The van der Waals surface area contributed by atoms with Crippen LogP contribution in [0.3, 0.4) is 0 Å². The molecule has 1 aromatic heterocycles. The van der Waals surface area contributed by atoms with Crippen LogP contribution in [0.2, 0.25) is 0 Å². The maximum atomic E-state index is 8.33. The number of nitrogens with one attached hydrogen (secondary N) is 1. The van der Waals surface area contributed by atoms with Crippen LogP contribution in [0.4, 0.5) is 11.9 Å². The molecule has 8 heteroatoms. The van der Waals surface area contributed by atoms with Gasteiger partial charge in [-0.05, 0) is 30.2 Å². The first-order valence-electron chi connectivity index (χ1n) is 4.81. The second-order valence-corrected chi connectivity index (χ2v) is 3.86. The van der Waals surface area contributed by atoms with Gasteiger partial charge in [0.25, 0.3) is 0 Å². The summed E-state index contributed by atoms with van der Waals surface area (Å²) in [5.74, 6) is 0.531. The average Bonchev–Trinajstić information content (AvgIpc) is 2.29. The van der Waals surface area contributed by atoms with Crippen molar-refractivity contribution in [3.05, 3.63) is 10.4 Å². The van der Waals surface area contributed by atoms with E-state index in [0.717, 1.165) is 6.42 Å². The van der Waals surface area contributed by atoms with E-state index in [1.54, 1.807) is 0 Å². The molecule has 1 unspecified atom stereocenters. The van der Waals surface area contributed by atoms with Gasteiger partial charge in [-0.25, -0.2) is 4.98 Å². The van der Waals surface area contributed by atoms with Crippen molar-refractivity contribution in [2.24, 2.45) is 5.11 Å². The van der Waals surface area contributed by atoms with Gasteiger partial charge in [0.15, 0.2) is 5.16 Å². The molecule has 0 bridgehead atoms. The van der Waals surface area contributed by atoms with Crippen LogP contribution in [-0.2, 0) is 0 Å². The summed E-state index contributed by atoms with van der Waals surface area (Å²) in [5, 5.41) is 7.01. The van der Waals surface area contributed by atoms with E-state index in [1.165, 1.54) is 11.8 Å². The average molecular weight is 239 g/mol. The number of hydrogen-bond donors (Lipinski definition) is 1. The van der Waals surface area contributed by atoms with Gasteiger partial charge in [0, 0.05) is 11.0 Å². The molecule has 0 spiro atoms. The predicted molar refractivity (Wildman–Crippen MR) is 63.8 cm³/mol. The van der Waals surface area contributed by atoms with Crippen molar-refractivity contribution in [1.29, 1.82) is 0 Å². The molecule has 0 radical (unpaired) electrons. The van der Waals surface area contributed by atoms with Gasteiger partial charge in [-0.2, -0.15) is 9.97 Å². The standard InChI is InChI=1S/C8H13N7S/c1-4-5(2)10-6-11-7(14-15-9)13-8(12-6)16-3/h5H,4H2,1-3H3,(H,10,11,12,13). The molecule has 86 valence electrons. The van der Waals surface area contributed by atoms with Crippen molar-refractivity contribution < 1.29 is 0 Å². The maximum absolute atomic E-state index is 8.33. The first kappa shape index (κ1) is 12.5. The van der Waals surface area contributed by atoms with Gasteiger partial charge in [0.1, 0.15) is 0 Å². The van der Waals surface area contributed by atoms with Gasteiger partial charge in [-0.15, -0.1) is 0 Å². The van der Waals surface area contributed by atoms with Gasteiger partial charge < -0.3 is 5.32 Å². The zero-order chi connectivity index (χ0) is 12.0. The van der Waals surface area contributed by atoms with E-state index in [0.29, 0.717) is 11.1 Å². The Morgan fingerprint density at radius 1 is 1.50 bits per heavy atom. The number of anilines is 1. The minimum atomic E-state index is 0.0904. The Morgan fingerprint density at radius 2 is 2.25 bits per heavy atom. The summed E-state index contributed by atoms with van der Waals surface area (Å²) in [5.41, 5.74) is 8.33. The monoisotopic (exact) mass is 239 g/mol. The Bertz CT molecular complexity index is 401. The molecule has 7 nitrogen and oxygen atoms in total. The maximum Gasteiger partial charge on any atom is 0.227 e. The molecule has 0 amide bonds. The van der Waals surface area contributed by atoms with E-state index in [-0.39, 0.29) is 12.0 Å². The third-order valence-corrected chi connectivity index (χ3v) is 2.46. The number of azide groups is 1. The van der Waals surface area contributed by atoms with Crippen LogP contribution in [0, 0.1) is 0 Å². The van der Waals surface area contributed by atoms with Gasteiger partial charge in [-0.3, -0.25) is 0 Å². The van der Waals surface area contributed by atoms with Crippen LogP contribution < -0.4 is 5.32 Å². The second-order valence-electron chi connectivity index (χ2n) is 3.09. The molecule has 0 saturated carbocycles. The molecule has 0 aliphatic heterocycles. The van der Waals surface area contributed by atoms with Gasteiger partial charge >= 0.3 is 0 Å². The third-order valence-electron chi connectivity index (χ3n) is 1.91. The van der Waals surface area contributed by atoms with Gasteiger partial charge in [0.2, 0.25) is 11.9 Å². The van der Waals surface area contributed by atoms with Crippen molar-refractivity contribution in [2.75, 3.05) is 11.6 Å². The lowest BCUT2D eigenvalue weighted by atomic mass is 10.3. The number of rotatable bonds is 5. The van der Waals surface area contributed by atoms with Gasteiger partial charge in [-0.1, -0.05) is 18.7 Å². The summed E-state index contributed by atoms with van der Waals surface area (Å²) in [6.45, 7) is 4.08. The quantitative estimate of drug-likeness (QED) is 0.368. The van der Waals surface area contributed by atoms with Gasteiger partial charge in [0.05, 0.1) is 0 Å². The Labute approximate surface area is 97.7 Å². The molecule has 1 heterocycles. The molecular weight excluding hydrogens is 226 g/mol. The van der Waals surface area contributed by atoms with E-state index in [2.05, 4.69) is 37.2 Å². The number of nitrogens with zero attached hydrogens (tertiary/aromatic N) is 6. The molecule has 0 aliphatic carbocycles. The lowest BCUT2D eigenvalue weighted by Crippen LogP contribution is -2.16. The lowest BCUT2D eigenvalue weighted by molar-refractivity contribution is 0.743. The molecule has 0 fully saturated rings. The first-order chi connectivity index (χ1) is 7.69. The summed E-state index contributed by atoms with van der Waals surface area (Å²) in [6, 6.07) is 0.260. The second kappa shape index (κ2) is 6.14.